The van der Waals surface area contributed by atoms with Crippen LogP contribution in [0.5, 0.6) is 0 Å². The number of likely N-dealkylation sites (tertiary alicyclic amines) is 1. The summed E-state index contributed by atoms with van der Waals surface area (Å²) >= 11 is 1.54. The van der Waals surface area contributed by atoms with E-state index in [-0.39, 0.29) is 24.2 Å². The summed E-state index contributed by atoms with van der Waals surface area (Å²) in [5, 5.41) is 3.85. The molecule has 0 radical (unpaired) electrons. The van der Waals surface area contributed by atoms with Crippen LogP contribution in [-0.2, 0) is 27.5 Å². The number of carbonyl (C=O) groups is 2. The van der Waals surface area contributed by atoms with Crippen LogP contribution >= 0.6 is 11.3 Å². The number of nitrogens with one attached hydrogen (secondary N) is 1. The summed E-state index contributed by atoms with van der Waals surface area (Å²) in [5.74, 6) is -0.387. The third kappa shape index (κ3) is 3.15. The first-order chi connectivity index (χ1) is 10.3. The van der Waals surface area contributed by atoms with Crippen LogP contribution in [0.25, 0.3) is 0 Å². The van der Waals surface area contributed by atoms with Gasteiger partial charge in [-0.25, -0.2) is 4.98 Å². The van der Waals surface area contributed by atoms with E-state index in [0.717, 1.165) is 15.6 Å². The fourth-order valence-corrected chi connectivity index (χ4v) is 3.64. The maximum atomic E-state index is 12.4. The molecule has 1 atom stereocenters. The molecule has 2 heterocycles. The topological polar surface area (TPSA) is 71.5 Å². The highest BCUT2D eigenvalue weighted by Crippen LogP contribution is 2.34. The van der Waals surface area contributed by atoms with Crippen LogP contribution in [-0.4, -0.2) is 41.4 Å². The highest BCUT2D eigenvalue weighted by molar-refractivity contribution is 7.11. The average Bonchev–Trinajstić information content (AvgIpc) is 2.89. The van der Waals surface area contributed by atoms with Gasteiger partial charge in [0.25, 0.3) is 0 Å². The number of hydrogen-bond donors (Lipinski definition) is 1. The SMILES string of the molecule is COCc1nc(C)c(CNC(=O)[C@@H]2CC(=O)N(C)C2(C)C)s1. The molecule has 1 aromatic heterocycles. The van der Waals surface area contributed by atoms with Gasteiger partial charge in [0.1, 0.15) is 5.01 Å². The predicted molar refractivity (Wildman–Crippen MR) is 84.4 cm³/mol. The third-order valence-electron chi connectivity index (χ3n) is 4.41. The number of carbonyl (C=O) groups excluding carboxylic acids is 2. The molecule has 0 aromatic carbocycles. The first kappa shape index (κ1) is 16.9. The second-order valence-electron chi connectivity index (χ2n) is 6.13. The summed E-state index contributed by atoms with van der Waals surface area (Å²) in [6, 6.07) is 0. The Bertz CT molecular complexity index is 583. The number of amides is 2. The summed E-state index contributed by atoms with van der Waals surface area (Å²) in [6.07, 6.45) is 0.270. The van der Waals surface area contributed by atoms with Gasteiger partial charge in [-0.2, -0.15) is 0 Å². The number of methoxy groups -OCH3 is 1. The summed E-state index contributed by atoms with van der Waals surface area (Å²) in [5.41, 5.74) is 0.460. The van der Waals surface area contributed by atoms with Crippen LogP contribution < -0.4 is 5.32 Å². The van der Waals surface area contributed by atoms with Crippen molar-refractivity contribution in [1.29, 1.82) is 0 Å². The van der Waals surface area contributed by atoms with Gasteiger partial charge in [-0.05, 0) is 20.8 Å². The quantitative estimate of drug-likeness (QED) is 0.890. The Morgan fingerprint density at radius 1 is 1.55 bits per heavy atom. The van der Waals surface area contributed by atoms with Crippen LogP contribution in [0.15, 0.2) is 0 Å². The Hall–Kier alpha value is -1.47. The minimum Gasteiger partial charge on any atom is -0.378 e. The highest BCUT2D eigenvalue weighted by Gasteiger charge is 2.47. The molecule has 0 saturated carbocycles. The molecule has 1 aromatic rings. The Kier molecular flexibility index (Phi) is 4.87. The fraction of sp³-hybridized carbons (Fsp3) is 0.667. The monoisotopic (exact) mass is 325 g/mol. The van der Waals surface area contributed by atoms with E-state index in [2.05, 4.69) is 10.3 Å². The van der Waals surface area contributed by atoms with Crippen molar-refractivity contribution in [2.45, 2.75) is 45.9 Å². The zero-order valence-corrected chi connectivity index (χ0v) is 14.5. The second kappa shape index (κ2) is 6.34. The Morgan fingerprint density at radius 3 is 2.77 bits per heavy atom. The van der Waals surface area contributed by atoms with Gasteiger partial charge in [0.2, 0.25) is 11.8 Å². The van der Waals surface area contributed by atoms with Crippen LogP contribution in [0.3, 0.4) is 0 Å². The summed E-state index contributed by atoms with van der Waals surface area (Å²) in [4.78, 5) is 31.4. The van der Waals surface area contributed by atoms with Gasteiger partial charge in [-0.1, -0.05) is 0 Å². The molecule has 6 nitrogen and oxygen atoms in total. The number of thiazole rings is 1. The molecule has 7 heteroatoms. The van der Waals surface area contributed by atoms with Crippen molar-refractivity contribution in [2.75, 3.05) is 14.2 Å². The molecule has 1 saturated heterocycles. The van der Waals surface area contributed by atoms with Crippen molar-refractivity contribution < 1.29 is 14.3 Å². The molecule has 0 unspecified atom stereocenters. The molecule has 1 aliphatic heterocycles. The van der Waals surface area contributed by atoms with Gasteiger partial charge in [0.15, 0.2) is 0 Å². The van der Waals surface area contributed by atoms with E-state index in [1.54, 1.807) is 30.4 Å². The van der Waals surface area contributed by atoms with Crippen LogP contribution in [0.4, 0.5) is 0 Å². The Labute approximate surface area is 134 Å². The van der Waals surface area contributed by atoms with Crippen LogP contribution in [0, 0.1) is 12.8 Å². The zero-order chi connectivity index (χ0) is 16.5. The highest BCUT2D eigenvalue weighted by atomic mass is 32.1. The standard InChI is InChI=1S/C15H23N3O3S/c1-9-11(22-12(17-9)8-21-5)7-16-14(20)10-6-13(19)18(4)15(10,2)3/h10H,6-8H2,1-5H3,(H,16,20)/t10-/m0/s1. The molecule has 0 spiro atoms. The van der Waals surface area contributed by atoms with Crippen molar-refractivity contribution in [2.24, 2.45) is 5.92 Å². The number of ether oxygens (including phenoxy) is 1. The van der Waals surface area contributed by atoms with Crippen molar-refractivity contribution >= 4 is 23.2 Å². The van der Waals surface area contributed by atoms with Crippen LogP contribution in [0.1, 0.15) is 35.8 Å². The lowest BCUT2D eigenvalue weighted by Gasteiger charge is -2.32. The number of aryl methyl sites for hydroxylation is 1. The molecule has 1 aliphatic rings. The maximum absolute atomic E-state index is 12.4. The second-order valence-corrected chi connectivity index (χ2v) is 7.30. The van der Waals surface area contributed by atoms with E-state index in [4.69, 9.17) is 4.74 Å². The molecule has 1 N–H and O–H groups in total. The average molecular weight is 325 g/mol. The largest absolute Gasteiger partial charge is 0.378 e. The van der Waals surface area contributed by atoms with Gasteiger partial charge >= 0.3 is 0 Å². The van der Waals surface area contributed by atoms with E-state index in [1.165, 1.54) is 0 Å². The van der Waals surface area contributed by atoms with E-state index < -0.39 is 5.54 Å². The van der Waals surface area contributed by atoms with Crippen molar-refractivity contribution in [3.8, 4) is 0 Å². The van der Waals surface area contributed by atoms with Gasteiger partial charge in [-0.15, -0.1) is 11.3 Å². The first-order valence-electron chi connectivity index (χ1n) is 7.25. The third-order valence-corrected chi connectivity index (χ3v) is 5.55. The molecule has 122 valence electrons. The number of rotatable bonds is 5. The lowest BCUT2D eigenvalue weighted by Crippen LogP contribution is -2.46. The number of aromatic nitrogens is 1. The van der Waals surface area contributed by atoms with E-state index in [0.29, 0.717) is 13.2 Å². The first-order valence-corrected chi connectivity index (χ1v) is 8.07. The smallest absolute Gasteiger partial charge is 0.226 e. The maximum Gasteiger partial charge on any atom is 0.226 e. The summed E-state index contributed by atoms with van der Waals surface area (Å²) in [6.45, 7) is 6.70. The minimum absolute atomic E-state index is 0.0153. The van der Waals surface area contributed by atoms with Crippen LogP contribution in [0.2, 0.25) is 0 Å². The van der Waals surface area contributed by atoms with Crippen molar-refractivity contribution in [1.82, 2.24) is 15.2 Å². The van der Waals surface area contributed by atoms with Crippen molar-refractivity contribution in [3.63, 3.8) is 0 Å². The van der Waals surface area contributed by atoms with Gasteiger partial charge in [0, 0.05) is 31.0 Å². The lowest BCUT2D eigenvalue weighted by molar-refractivity contribution is -0.128. The van der Waals surface area contributed by atoms with Gasteiger partial charge in [-0.3, -0.25) is 9.59 Å². The fourth-order valence-electron chi connectivity index (χ4n) is 2.66. The molecular weight excluding hydrogens is 302 g/mol. The van der Waals surface area contributed by atoms with Crippen molar-refractivity contribution in [3.05, 3.63) is 15.6 Å². The molecule has 2 rings (SSSR count). The van der Waals surface area contributed by atoms with E-state index in [1.807, 2.05) is 20.8 Å². The van der Waals surface area contributed by atoms with Gasteiger partial charge < -0.3 is 15.0 Å². The Morgan fingerprint density at radius 2 is 2.23 bits per heavy atom. The molecule has 1 fully saturated rings. The molecule has 2 amide bonds. The molecule has 22 heavy (non-hydrogen) atoms. The van der Waals surface area contributed by atoms with E-state index >= 15 is 0 Å². The number of nitrogens with zero attached hydrogens (tertiary/aromatic N) is 2. The Balaban J connectivity index is 2.00. The lowest BCUT2D eigenvalue weighted by atomic mass is 9.88. The number of hydrogen-bond acceptors (Lipinski definition) is 5. The summed E-state index contributed by atoms with van der Waals surface area (Å²) < 4.78 is 5.07. The molecule has 0 aliphatic carbocycles. The zero-order valence-electron chi connectivity index (χ0n) is 13.7. The van der Waals surface area contributed by atoms with E-state index in [9.17, 15) is 9.59 Å². The van der Waals surface area contributed by atoms with Gasteiger partial charge in [0.05, 0.1) is 24.8 Å². The molecular formula is C15H23N3O3S. The normalized spacial score (nSPS) is 20.5. The molecule has 0 bridgehead atoms. The predicted octanol–water partition coefficient (Wildman–Crippen LogP) is 1.47. The minimum atomic E-state index is -0.453. The summed E-state index contributed by atoms with van der Waals surface area (Å²) in [7, 11) is 3.38.